The minimum Gasteiger partial charge on any atom is -0.352 e. The number of ketones is 1. The molecule has 1 aliphatic rings. The number of carbonyl (C=O) groups excluding carboxylic acids is 1. The highest BCUT2D eigenvalue weighted by molar-refractivity contribution is 5.95. The lowest BCUT2D eigenvalue weighted by Crippen LogP contribution is -2.47. The van der Waals surface area contributed by atoms with Crippen molar-refractivity contribution >= 4 is 28.5 Å². The fraction of sp³-hybridized carbons (Fsp3) is 0.214. The van der Waals surface area contributed by atoms with E-state index in [0.717, 1.165) is 65.5 Å². The normalized spacial score (nSPS) is 13.8. The third-order valence-corrected chi connectivity index (χ3v) is 6.66. The molecular formula is C28H26N8O. The zero-order valence-electron chi connectivity index (χ0n) is 20.5. The van der Waals surface area contributed by atoms with E-state index in [1.165, 1.54) is 0 Å². The van der Waals surface area contributed by atoms with Crippen LogP contribution in [0.25, 0.3) is 22.2 Å². The maximum Gasteiger partial charge on any atom is 0.187 e. The van der Waals surface area contributed by atoms with Crippen molar-refractivity contribution in [2.45, 2.75) is 6.42 Å². The Balaban J connectivity index is 1.16. The van der Waals surface area contributed by atoms with Crippen molar-refractivity contribution in [3.05, 3.63) is 90.8 Å². The van der Waals surface area contributed by atoms with Gasteiger partial charge >= 0.3 is 0 Å². The van der Waals surface area contributed by atoms with Gasteiger partial charge in [-0.3, -0.25) is 19.4 Å². The summed E-state index contributed by atoms with van der Waals surface area (Å²) in [6.07, 6.45) is 9.19. The Morgan fingerprint density at radius 1 is 0.811 bits per heavy atom. The molecule has 0 amide bonds. The summed E-state index contributed by atoms with van der Waals surface area (Å²) in [7, 11) is 1.81. The molecule has 0 N–H and O–H groups in total. The van der Waals surface area contributed by atoms with Crippen LogP contribution in [0.15, 0.2) is 79.5 Å². The van der Waals surface area contributed by atoms with Gasteiger partial charge in [-0.2, -0.15) is 5.10 Å². The molecule has 0 bridgehead atoms. The largest absolute Gasteiger partial charge is 0.352 e. The van der Waals surface area contributed by atoms with Gasteiger partial charge in [0, 0.05) is 58.2 Å². The summed E-state index contributed by atoms with van der Waals surface area (Å²) >= 11 is 0. The van der Waals surface area contributed by atoms with Gasteiger partial charge in [-0.15, -0.1) is 0 Å². The topological polar surface area (TPSA) is 92.9 Å². The van der Waals surface area contributed by atoms with E-state index in [2.05, 4.69) is 42.0 Å². The first-order chi connectivity index (χ1) is 18.1. The number of rotatable bonds is 6. The summed E-state index contributed by atoms with van der Waals surface area (Å²) in [6.45, 7) is 3.39. The number of nitrogens with zero attached hydrogens (tertiary/aromatic N) is 8. The predicted molar refractivity (Wildman–Crippen MR) is 143 cm³/mol. The van der Waals surface area contributed by atoms with Gasteiger partial charge in [0.1, 0.15) is 17.3 Å². The van der Waals surface area contributed by atoms with Crippen molar-refractivity contribution < 1.29 is 4.79 Å². The van der Waals surface area contributed by atoms with E-state index in [9.17, 15) is 4.79 Å². The maximum absolute atomic E-state index is 12.5. The van der Waals surface area contributed by atoms with Crippen molar-refractivity contribution in [2.75, 3.05) is 36.0 Å². The minimum atomic E-state index is 0.0133. The smallest absolute Gasteiger partial charge is 0.187 e. The van der Waals surface area contributed by atoms with Gasteiger partial charge in [0.15, 0.2) is 5.78 Å². The van der Waals surface area contributed by atoms with Crippen LogP contribution in [0.1, 0.15) is 16.1 Å². The summed E-state index contributed by atoms with van der Waals surface area (Å²) < 4.78 is 1.64. The van der Waals surface area contributed by atoms with Crippen LogP contribution in [0, 0.1) is 0 Å². The maximum atomic E-state index is 12.5. The van der Waals surface area contributed by atoms with Crippen LogP contribution in [-0.2, 0) is 13.5 Å². The van der Waals surface area contributed by atoms with Crippen LogP contribution >= 0.6 is 0 Å². The molecule has 1 fully saturated rings. The Labute approximate surface area is 214 Å². The molecule has 0 unspecified atom stereocenters. The second-order valence-electron chi connectivity index (χ2n) is 9.14. The molecule has 3 aromatic heterocycles. The molecule has 184 valence electrons. The number of hydrogen-bond donors (Lipinski definition) is 0. The highest BCUT2D eigenvalue weighted by atomic mass is 16.1. The van der Waals surface area contributed by atoms with Gasteiger partial charge < -0.3 is 9.80 Å². The van der Waals surface area contributed by atoms with Crippen LogP contribution in [0.2, 0.25) is 0 Å². The van der Waals surface area contributed by atoms with Gasteiger partial charge in [0.25, 0.3) is 0 Å². The molecule has 37 heavy (non-hydrogen) atoms. The second-order valence-corrected chi connectivity index (χ2v) is 9.14. The van der Waals surface area contributed by atoms with Crippen LogP contribution in [-0.4, -0.2) is 61.7 Å². The predicted octanol–water partition coefficient (Wildman–Crippen LogP) is 3.57. The number of anilines is 2. The summed E-state index contributed by atoms with van der Waals surface area (Å²) in [5.41, 5.74) is 5.31. The summed E-state index contributed by atoms with van der Waals surface area (Å²) in [5.74, 6) is 1.80. The number of aryl methyl sites for hydroxylation is 1. The first kappa shape index (κ1) is 22.8. The molecule has 0 radical (unpaired) electrons. The second kappa shape index (κ2) is 9.77. The SMILES string of the molecule is Cn1ccc(C(=O)Cc2ccc(-c3ccc4ncc(N5CCN(c6cnccn6)CC5)nc4c3)cc2)n1. The molecule has 0 aliphatic carbocycles. The monoisotopic (exact) mass is 490 g/mol. The molecular weight excluding hydrogens is 464 g/mol. The molecule has 9 nitrogen and oxygen atoms in total. The van der Waals surface area contributed by atoms with Crippen molar-refractivity contribution in [1.29, 1.82) is 0 Å². The lowest BCUT2D eigenvalue weighted by molar-refractivity contribution is 0.0987. The molecule has 1 aliphatic heterocycles. The number of hydrogen-bond acceptors (Lipinski definition) is 8. The van der Waals surface area contributed by atoms with Gasteiger partial charge in [0.2, 0.25) is 0 Å². The standard InChI is InChI=1S/C28H26N8O/c1-34-11-8-24(33-34)26(37)16-20-2-4-21(5-3-20)22-6-7-23-25(17-22)32-28(19-31-23)36-14-12-35(13-15-36)27-18-29-9-10-30-27/h2-11,17-19H,12-16H2,1H3. The van der Waals surface area contributed by atoms with E-state index >= 15 is 0 Å². The van der Waals surface area contributed by atoms with Gasteiger partial charge in [0.05, 0.1) is 23.4 Å². The highest BCUT2D eigenvalue weighted by Crippen LogP contribution is 2.25. The average Bonchev–Trinajstić information content (AvgIpc) is 3.40. The van der Waals surface area contributed by atoms with E-state index in [1.54, 1.807) is 35.5 Å². The molecule has 9 heteroatoms. The molecule has 1 saturated heterocycles. The average molecular weight is 491 g/mol. The zero-order valence-corrected chi connectivity index (χ0v) is 20.5. The first-order valence-corrected chi connectivity index (χ1v) is 12.3. The Bertz CT molecular complexity index is 1540. The fourth-order valence-electron chi connectivity index (χ4n) is 4.61. The Morgan fingerprint density at radius 2 is 1.57 bits per heavy atom. The van der Waals surface area contributed by atoms with E-state index < -0.39 is 0 Å². The quantitative estimate of drug-likeness (QED) is 0.334. The lowest BCUT2D eigenvalue weighted by Gasteiger charge is -2.35. The summed E-state index contributed by atoms with van der Waals surface area (Å²) in [6, 6.07) is 16.0. The Hall–Kier alpha value is -4.66. The lowest BCUT2D eigenvalue weighted by atomic mass is 10.0. The van der Waals surface area contributed by atoms with Crippen LogP contribution in [0.5, 0.6) is 0 Å². The van der Waals surface area contributed by atoms with Crippen LogP contribution in [0.4, 0.5) is 11.6 Å². The van der Waals surface area contributed by atoms with E-state index in [4.69, 9.17) is 4.98 Å². The number of fused-ring (bicyclic) bond motifs is 1. The highest BCUT2D eigenvalue weighted by Gasteiger charge is 2.20. The van der Waals surface area contributed by atoms with Crippen molar-refractivity contribution in [1.82, 2.24) is 29.7 Å². The van der Waals surface area contributed by atoms with Crippen molar-refractivity contribution in [2.24, 2.45) is 7.05 Å². The third kappa shape index (κ3) is 4.88. The molecule has 5 aromatic rings. The van der Waals surface area contributed by atoms with Crippen LogP contribution in [0.3, 0.4) is 0 Å². The van der Waals surface area contributed by atoms with E-state index in [0.29, 0.717) is 12.1 Å². The number of aromatic nitrogens is 6. The molecule has 2 aromatic carbocycles. The molecule has 0 saturated carbocycles. The van der Waals surface area contributed by atoms with Gasteiger partial charge in [-0.05, 0) is 34.9 Å². The number of piperazine rings is 1. The van der Waals surface area contributed by atoms with Gasteiger partial charge in [-0.25, -0.2) is 9.97 Å². The first-order valence-electron chi connectivity index (χ1n) is 12.3. The van der Waals surface area contributed by atoms with Gasteiger partial charge in [-0.1, -0.05) is 30.3 Å². The molecule has 6 rings (SSSR count). The van der Waals surface area contributed by atoms with E-state index in [1.807, 2.05) is 43.6 Å². The molecule has 0 spiro atoms. The summed E-state index contributed by atoms with van der Waals surface area (Å²) in [4.78, 5) is 35.2. The van der Waals surface area contributed by atoms with Crippen molar-refractivity contribution in [3.8, 4) is 11.1 Å². The Morgan fingerprint density at radius 3 is 2.27 bits per heavy atom. The van der Waals surface area contributed by atoms with Crippen LogP contribution < -0.4 is 9.80 Å². The minimum absolute atomic E-state index is 0.0133. The molecule has 0 atom stereocenters. The fourth-order valence-corrected chi connectivity index (χ4v) is 4.61. The number of benzene rings is 2. The third-order valence-electron chi connectivity index (χ3n) is 6.66. The molecule has 4 heterocycles. The van der Waals surface area contributed by atoms with E-state index in [-0.39, 0.29) is 5.78 Å². The van der Waals surface area contributed by atoms with Crippen molar-refractivity contribution in [3.63, 3.8) is 0 Å². The zero-order chi connectivity index (χ0) is 25.2. The number of Topliss-reactive ketones (excluding diaryl/α,β-unsaturated/α-hetero) is 1. The summed E-state index contributed by atoms with van der Waals surface area (Å²) in [5, 5.41) is 4.20. The Kier molecular flexibility index (Phi) is 6.02. The number of carbonyl (C=O) groups is 1.